The number of nitrogens with two attached hydrogens (primary N) is 1. The van der Waals surface area contributed by atoms with Crippen LogP contribution in [0.3, 0.4) is 0 Å². The highest BCUT2D eigenvalue weighted by atomic mass is 32.2. The molecule has 0 spiro atoms. The second-order valence-corrected chi connectivity index (χ2v) is 10.3. The Kier molecular flexibility index (Phi) is 7.37. The maximum absolute atomic E-state index is 12.4. The van der Waals surface area contributed by atoms with Crippen molar-refractivity contribution < 1.29 is 13.2 Å². The number of benzene rings is 1. The fourth-order valence-electron chi connectivity index (χ4n) is 3.81. The molecule has 0 saturated carbocycles. The van der Waals surface area contributed by atoms with Gasteiger partial charge in [-0.15, -0.1) is 0 Å². The number of aromatic amines is 1. The third-order valence-electron chi connectivity index (χ3n) is 5.76. The zero-order chi connectivity index (χ0) is 26.6. The van der Waals surface area contributed by atoms with Gasteiger partial charge < -0.3 is 21.4 Å². The average Bonchev–Trinajstić information content (AvgIpc) is 3.34. The molecule has 1 aromatic carbocycles. The van der Waals surface area contributed by atoms with E-state index in [-0.39, 0.29) is 12.5 Å². The fourth-order valence-corrected chi connectivity index (χ4v) is 4.29. The third kappa shape index (κ3) is 5.53. The summed E-state index contributed by atoms with van der Waals surface area (Å²) in [4.78, 5) is 24.2. The molecule has 37 heavy (non-hydrogen) atoms. The van der Waals surface area contributed by atoms with Gasteiger partial charge >= 0.3 is 0 Å². The van der Waals surface area contributed by atoms with Gasteiger partial charge in [0.25, 0.3) is 5.91 Å². The van der Waals surface area contributed by atoms with Gasteiger partial charge in [0, 0.05) is 61.3 Å². The molecule has 0 atom stereocenters. The molecule has 4 rings (SSSR count). The lowest BCUT2D eigenvalue weighted by Gasteiger charge is -2.19. The second-order valence-electron chi connectivity index (χ2n) is 8.30. The Morgan fingerprint density at radius 2 is 2.03 bits per heavy atom. The van der Waals surface area contributed by atoms with Crippen molar-refractivity contribution in [2.45, 2.75) is 6.54 Å². The zero-order valence-corrected chi connectivity index (χ0v) is 21.1. The predicted molar refractivity (Wildman–Crippen MR) is 142 cm³/mol. The number of rotatable bonds is 9. The van der Waals surface area contributed by atoms with Gasteiger partial charge in [-0.1, -0.05) is 18.2 Å². The number of hydrogen-bond donors (Lipinski definition) is 4. The van der Waals surface area contributed by atoms with E-state index in [0.29, 0.717) is 58.0 Å². The highest BCUT2D eigenvalue weighted by Crippen LogP contribution is 2.31. The Morgan fingerprint density at radius 3 is 2.76 bits per heavy atom. The summed E-state index contributed by atoms with van der Waals surface area (Å²) in [6.45, 7) is 0.944. The van der Waals surface area contributed by atoms with Gasteiger partial charge in [-0.3, -0.25) is 9.10 Å². The minimum absolute atomic E-state index is 0.216. The second kappa shape index (κ2) is 10.7. The van der Waals surface area contributed by atoms with Gasteiger partial charge in [-0.2, -0.15) is 5.26 Å². The molecule has 4 aromatic rings. The third-order valence-corrected chi connectivity index (χ3v) is 6.93. The maximum Gasteiger partial charge on any atom is 0.251 e. The Balaban J connectivity index is 1.69. The van der Waals surface area contributed by atoms with E-state index in [9.17, 15) is 18.5 Å². The summed E-state index contributed by atoms with van der Waals surface area (Å²) in [6.07, 6.45) is 4.10. The molecule has 3 aromatic heterocycles. The van der Waals surface area contributed by atoms with Crippen LogP contribution < -0.4 is 20.7 Å². The number of H-pyrrole nitrogens is 1. The number of pyridine rings is 2. The van der Waals surface area contributed by atoms with Crippen molar-refractivity contribution in [2.75, 3.05) is 36.0 Å². The molecule has 1 amide bonds. The lowest BCUT2D eigenvalue weighted by Crippen LogP contribution is -2.28. The number of carbonyl (C=O) groups is 1. The molecule has 12 heteroatoms. The van der Waals surface area contributed by atoms with Crippen LogP contribution in [-0.2, 0) is 16.6 Å². The van der Waals surface area contributed by atoms with Gasteiger partial charge in [-0.25, -0.2) is 18.4 Å². The van der Waals surface area contributed by atoms with Crippen LogP contribution in [0.5, 0.6) is 0 Å². The van der Waals surface area contributed by atoms with Crippen molar-refractivity contribution in [2.24, 2.45) is 5.73 Å². The number of anilines is 2. The van der Waals surface area contributed by atoms with Gasteiger partial charge in [0.05, 0.1) is 17.5 Å². The molecule has 5 N–H and O–H groups in total. The summed E-state index contributed by atoms with van der Waals surface area (Å²) in [6, 6.07) is 14.6. The molecular formula is C25H26N8O3S. The summed E-state index contributed by atoms with van der Waals surface area (Å²) in [5.41, 5.74) is 9.51. The maximum atomic E-state index is 12.4. The first kappa shape index (κ1) is 25.6. The van der Waals surface area contributed by atoms with Crippen LogP contribution in [0.15, 0.2) is 54.9 Å². The first-order chi connectivity index (χ1) is 17.7. The molecule has 0 unspecified atom stereocenters. The highest BCUT2D eigenvalue weighted by molar-refractivity contribution is 7.92. The van der Waals surface area contributed by atoms with E-state index in [1.807, 2.05) is 12.1 Å². The number of hydrogen-bond acceptors (Lipinski definition) is 8. The van der Waals surface area contributed by atoms with E-state index in [1.54, 1.807) is 30.3 Å². The first-order valence-corrected chi connectivity index (χ1v) is 13.2. The van der Waals surface area contributed by atoms with E-state index in [2.05, 4.69) is 31.7 Å². The van der Waals surface area contributed by atoms with Crippen LogP contribution in [0.1, 0.15) is 21.5 Å². The standard InChI is InChI=1S/C25H26N8O3S/c1-33(37(2,35)36)24-18(7-4-9-28-24)14-30-22-19(13-27)15-31-23-20(22)12-21(32-23)16-5-3-6-17(11-16)25(34)29-10-8-26/h3-7,9,11-12,15H,8,10,14,26H2,1-2H3,(H,29,34)(H2,30,31,32). The van der Waals surface area contributed by atoms with Gasteiger partial charge in [0.1, 0.15) is 17.5 Å². The number of aromatic nitrogens is 3. The van der Waals surface area contributed by atoms with Crippen molar-refractivity contribution in [3.8, 4) is 17.3 Å². The molecule has 0 saturated heterocycles. The summed E-state index contributed by atoms with van der Waals surface area (Å²) < 4.78 is 25.2. The van der Waals surface area contributed by atoms with Gasteiger partial charge in [0.2, 0.25) is 10.0 Å². The summed E-state index contributed by atoms with van der Waals surface area (Å²) in [5.74, 6) is 0.0720. The van der Waals surface area contributed by atoms with Crippen LogP contribution in [-0.4, -0.2) is 55.7 Å². The van der Waals surface area contributed by atoms with Crippen molar-refractivity contribution in [3.63, 3.8) is 0 Å². The number of fused-ring (bicyclic) bond motifs is 1. The van der Waals surface area contributed by atoms with Gasteiger partial charge in [-0.05, 0) is 29.8 Å². The number of nitrogens with zero attached hydrogens (tertiary/aromatic N) is 4. The largest absolute Gasteiger partial charge is 0.379 e. The normalized spacial score (nSPS) is 11.2. The van der Waals surface area contributed by atoms with Crippen molar-refractivity contribution in [3.05, 3.63) is 71.5 Å². The molecule has 11 nitrogen and oxygen atoms in total. The summed E-state index contributed by atoms with van der Waals surface area (Å²) in [7, 11) is -2.07. The molecule has 3 heterocycles. The van der Waals surface area contributed by atoms with Crippen LogP contribution in [0.25, 0.3) is 22.3 Å². The monoisotopic (exact) mass is 518 g/mol. The van der Waals surface area contributed by atoms with E-state index in [0.717, 1.165) is 16.1 Å². The zero-order valence-electron chi connectivity index (χ0n) is 20.3. The Labute approximate surface area is 214 Å². The summed E-state index contributed by atoms with van der Waals surface area (Å²) >= 11 is 0. The van der Waals surface area contributed by atoms with Crippen molar-refractivity contribution >= 4 is 38.5 Å². The number of carbonyl (C=O) groups excluding carboxylic acids is 1. The molecule has 0 aliphatic heterocycles. The topological polar surface area (TPSA) is 170 Å². The SMILES string of the molecule is CN(c1ncccc1CNc1c(C#N)cnc2[nH]c(-c3cccc(C(=O)NCCN)c3)cc12)S(C)(=O)=O. The minimum atomic E-state index is -3.51. The molecule has 0 radical (unpaired) electrons. The Bertz CT molecular complexity index is 1610. The van der Waals surface area contributed by atoms with Crippen LogP contribution in [0.2, 0.25) is 0 Å². The van der Waals surface area contributed by atoms with E-state index >= 15 is 0 Å². The summed E-state index contributed by atoms with van der Waals surface area (Å²) in [5, 5.41) is 16.4. The Morgan fingerprint density at radius 1 is 1.22 bits per heavy atom. The number of amides is 1. The molecule has 0 bridgehead atoms. The van der Waals surface area contributed by atoms with Crippen LogP contribution >= 0.6 is 0 Å². The Hall–Kier alpha value is -4.47. The van der Waals surface area contributed by atoms with Crippen LogP contribution in [0, 0.1) is 11.3 Å². The van der Waals surface area contributed by atoms with Crippen molar-refractivity contribution in [1.29, 1.82) is 5.26 Å². The number of nitriles is 1. The lowest BCUT2D eigenvalue weighted by atomic mass is 10.1. The van der Waals surface area contributed by atoms with Gasteiger partial charge in [0.15, 0.2) is 0 Å². The number of nitrogens with one attached hydrogen (secondary N) is 3. The minimum Gasteiger partial charge on any atom is -0.379 e. The van der Waals surface area contributed by atoms with E-state index < -0.39 is 10.0 Å². The van der Waals surface area contributed by atoms with Crippen molar-refractivity contribution in [1.82, 2.24) is 20.3 Å². The first-order valence-electron chi connectivity index (χ1n) is 11.3. The predicted octanol–water partition coefficient (Wildman–Crippen LogP) is 2.19. The molecule has 0 fully saturated rings. The number of sulfonamides is 1. The average molecular weight is 519 g/mol. The van der Waals surface area contributed by atoms with E-state index in [4.69, 9.17) is 5.73 Å². The smallest absolute Gasteiger partial charge is 0.251 e. The van der Waals surface area contributed by atoms with E-state index in [1.165, 1.54) is 19.4 Å². The molecule has 0 aliphatic rings. The quantitative estimate of drug-likeness (QED) is 0.261. The molecule has 0 aliphatic carbocycles. The molecule has 190 valence electrons. The van der Waals surface area contributed by atoms with Crippen LogP contribution in [0.4, 0.5) is 11.5 Å². The molecular weight excluding hydrogens is 492 g/mol. The highest BCUT2D eigenvalue weighted by Gasteiger charge is 2.18. The lowest BCUT2D eigenvalue weighted by molar-refractivity contribution is 0.0954. The fraction of sp³-hybridized carbons (Fsp3) is 0.200.